The van der Waals surface area contributed by atoms with Gasteiger partial charge in [0.25, 0.3) is 0 Å². The van der Waals surface area contributed by atoms with Gasteiger partial charge in [-0.15, -0.1) is 11.3 Å². The largest absolute Gasteiger partial charge is 0.358 e. The number of nitrogens with zero attached hydrogens (tertiary/aromatic N) is 2. The first-order chi connectivity index (χ1) is 12.4. The number of thioether (sulfide) groups is 1. The van der Waals surface area contributed by atoms with Crippen LogP contribution in [-0.4, -0.2) is 38.5 Å². The van der Waals surface area contributed by atoms with Crippen molar-refractivity contribution >= 4 is 73.9 Å². The summed E-state index contributed by atoms with van der Waals surface area (Å²) in [7, 11) is 0. The molecular formula is C17H17Cl2N3OS3. The van der Waals surface area contributed by atoms with E-state index in [1.165, 1.54) is 23.1 Å². The first kappa shape index (κ1) is 19.9. The van der Waals surface area contributed by atoms with Crippen LogP contribution < -0.4 is 5.32 Å². The SMILES string of the molecule is CC(SC(=S)N1CCCC1)C(=O)Nc1nc(-c2ccc(Cl)c(Cl)c2)cs1. The normalized spacial score (nSPS) is 15.1. The number of hydrogen-bond acceptors (Lipinski definition) is 5. The lowest BCUT2D eigenvalue weighted by atomic mass is 10.2. The van der Waals surface area contributed by atoms with Crippen LogP contribution in [0.3, 0.4) is 0 Å². The zero-order valence-corrected chi connectivity index (χ0v) is 18.0. The standard InChI is InChI=1S/C17H17Cl2N3OS3/c1-10(26-17(24)22-6-2-3-7-22)15(23)21-16-20-14(9-25-16)11-4-5-12(18)13(19)8-11/h4-5,8-10H,2-3,6-7H2,1H3,(H,20,21,23). The second-order valence-corrected chi connectivity index (χ2v) is 9.52. The first-order valence-corrected chi connectivity index (χ1v) is 11.0. The number of halogens is 2. The Morgan fingerprint density at radius 3 is 2.77 bits per heavy atom. The fourth-order valence-corrected chi connectivity index (χ4v) is 4.94. The Kier molecular flexibility index (Phi) is 6.80. The predicted molar refractivity (Wildman–Crippen MR) is 117 cm³/mol. The van der Waals surface area contributed by atoms with E-state index in [9.17, 15) is 4.79 Å². The number of benzene rings is 1. The molecule has 1 unspecified atom stereocenters. The van der Waals surface area contributed by atoms with Gasteiger partial charge in [-0.3, -0.25) is 4.79 Å². The average Bonchev–Trinajstić information content (AvgIpc) is 3.29. The first-order valence-electron chi connectivity index (χ1n) is 8.11. The van der Waals surface area contributed by atoms with Crippen molar-refractivity contribution in [3.8, 4) is 11.3 Å². The molecule has 0 bridgehead atoms. The molecule has 4 nitrogen and oxygen atoms in total. The van der Waals surface area contributed by atoms with E-state index in [-0.39, 0.29) is 11.2 Å². The molecule has 1 aromatic heterocycles. The third-order valence-corrected chi connectivity index (χ3v) is 7.03. The third-order valence-electron chi connectivity index (χ3n) is 3.96. The Balaban J connectivity index is 1.60. The number of likely N-dealkylation sites (tertiary alicyclic amines) is 1. The average molecular weight is 446 g/mol. The number of aromatic nitrogens is 1. The molecule has 0 saturated carbocycles. The van der Waals surface area contributed by atoms with Crippen molar-refractivity contribution in [2.45, 2.75) is 25.0 Å². The van der Waals surface area contributed by atoms with Crippen molar-refractivity contribution in [2.75, 3.05) is 18.4 Å². The van der Waals surface area contributed by atoms with Crippen LogP contribution in [0.5, 0.6) is 0 Å². The number of carbonyl (C=O) groups is 1. The van der Waals surface area contributed by atoms with E-state index in [1.54, 1.807) is 12.1 Å². The summed E-state index contributed by atoms with van der Waals surface area (Å²) in [4.78, 5) is 19.1. The maximum absolute atomic E-state index is 12.4. The molecule has 1 saturated heterocycles. The number of thiazole rings is 1. The molecule has 1 aliphatic rings. The molecule has 1 aromatic carbocycles. The molecule has 1 N–H and O–H groups in total. The van der Waals surface area contributed by atoms with E-state index < -0.39 is 0 Å². The lowest BCUT2D eigenvalue weighted by Crippen LogP contribution is -2.29. The van der Waals surface area contributed by atoms with Crippen LogP contribution in [0, 0.1) is 0 Å². The summed E-state index contributed by atoms with van der Waals surface area (Å²) in [6.45, 7) is 3.83. The number of carbonyl (C=O) groups excluding carboxylic acids is 1. The van der Waals surface area contributed by atoms with Crippen LogP contribution in [0.4, 0.5) is 5.13 Å². The Morgan fingerprint density at radius 1 is 1.35 bits per heavy atom. The number of anilines is 1. The second kappa shape index (κ2) is 8.89. The summed E-state index contributed by atoms with van der Waals surface area (Å²) in [5.74, 6) is -0.105. The van der Waals surface area contributed by atoms with Crippen molar-refractivity contribution in [3.63, 3.8) is 0 Å². The molecule has 138 valence electrons. The molecule has 1 atom stereocenters. The van der Waals surface area contributed by atoms with Gasteiger partial charge in [0, 0.05) is 24.0 Å². The van der Waals surface area contributed by atoms with Gasteiger partial charge in [0.05, 0.1) is 21.0 Å². The minimum atomic E-state index is -0.277. The van der Waals surface area contributed by atoms with Gasteiger partial charge in [0.1, 0.15) is 4.32 Å². The van der Waals surface area contributed by atoms with Gasteiger partial charge in [0.15, 0.2) is 5.13 Å². The fourth-order valence-electron chi connectivity index (χ4n) is 2.51. The Labute approximate surface area is 176 Å². The van der Waals surface area contributed by atoms with E-state index in [2.05, 4.69) is 15.2 Å². The maximum atomic E-state index is 12.4. The molecule has 2 aromatic rings. The Morgan fingerprint density at radius 2 is 2.08 bits per heavy atom. The summed E-state index contributed by atoms with van der Waals surface area (Å²) in [6, 6.07) is 5.34. The predicted octanol–water partition coefficient (Wildman–Crippen LogP) is 5.56. The van der Waals surface area contributed by atoms with Gasteiger partial charge < -0.3 is 10.2 Å². The lowest BCUT2D eigenvalue weighted by molar-refractivity contribution is -0.115. The third kappa shape index (κ3) is 4.89. The molecule has 2 heterocycles. The van der Waals surface area contributed by atoms with Gasteiger partial charge >= 0.3 is 0 Å². The van der Waals surface area contributed by atoms with Crippen molar-refractivity contribution in [2.24, 2.45) is 0 Å². The lowest BCUT2D eigenvalue weighted by Gasteiger charge is -2.20. The smallest absolute Gasteiger partial charge is 0.239 e. The highest BCUT2D eigenvalue weighted by atomic mass is 35.5. The fraction of sp³-hybridized carbons (Fsp3) is 0.353. The molecule has 9 heteroatoms. The highest BCUT2D eigenvalue weighted by Crippen LogP contribution is 2.31. The molecule has 1 fully saturated rings. The molecule has 1 aliphatic heterocycles. The Bertz CT molecular complexity index is 821. The monoisotopic (exact) mass is 445 g/mol. The van der Waals surface area contributed by atoms with E-state index in [0.29, 0.717) is 15.2 Å². The quantitative estimate of drug-likeness (QED) is 0.624. The van der Waals surface area contributed by atoms with Gasteiger partial charge in [-0.1, -0.05) is 53.2 Å². The molecule has 26 heavy (non-hydrogen) atoms. The van der Waals surface area contributed by atoms with E-state index in [0.717, 1.165) is 41.5 Å². The van der Waals surface area contributed by atoms with Crippen molar-refractivity contribution in [1.82, 2.24) is 9.88 Å². The van der Waals surface area contributed by atoms with Gasteiger partial charge in [-0.25, -0.2) is 4.98 Å². The summed E-state index contributed by atoms with van der Waals surface area (Å²) in [5.41, 5.74) is 1.60. The Hall–Kier alpha value is -0.860. The molecule has 0 aliphatic carbocycles. The van der Waals surface area contributed by atoms with Crippen molar-refractivity contribution < 1.29 is 4.79 Å². The van der Waals surface area contributed by atoms with E-state index >= 15 is 0 Å². The number of nitrogens with one attached hydrogen (secondary N) is 1. The van der Waals surface area contributed by atoms with Crippen molar-refractivity contribution in [3.05, 3.63) is 33.6 Å². The van der Waals surface area contributed by atoms with Crippen LogP contribution in [0.1, 0.15) is 19.8 Å². The van der Waals surface area contributed by atoms with Crippen LogP contribution in [0.15, 0.2) is 23.6 Å². The van der Waals surface area contributed by atoms with Crippen molar-refractivity contribution in [1.29, 1.82) is 0 Å². The zero-order valence-electron chi connectivity index (χ0n) is 14.0. The highest BCUT2D eigenvalue weighted by Gasteiger charge is 2.22. The van der Waals surface area contributed by atoms with Crippen LogP contribution in [0.2, 0.25) is 10.0 Å². The minimum Gasteiger partial charge on any atom is -0.358 e. The molecule has 1 amide bonds. The summed E-state index contributed by atoms with van der Waals surface area (Å²) in [6.07, 6.45) is 2.33. The summed E-state index contributed by atoms with van der Waals surface area (Å²) < 4.78 is 0.792. The van der Waals surface area contributed by atoms with Crippen LogP contribution in [-0.2, 0) is 4.79 Å². The number of hydrogen-bond donors (Lipinski definition) is 1. The molecule has 3 rings (SSSR count). The molecular weight excluding hydrogens is 429 g/mol. The second-order valence-electron chi connectivity index (χ2n) is 5.88. The van der Waals surface area contributed by atoms with Gasteiger partial charge in [-0.05, 0) is 31.9 Å². The number of rotatable bonds is 4. The molecule has 0 spiro atoms. The summed E-state index contributed by atoms with van der Waals surface area (Å²) >= 11 is 20.2. The zero-order chi connectivity index (χ0) is 18.7. The van der Waals surface area contributed by atoms with E-state index in [1.807, 2.05) is 18.4 Å². The van der Waals surface area contributed by atoms with E-state index in [4.69, 9.17) is 35.4 Å². The maximum Gasteiger partial charge on any atom is 0.239 e. The van der Waals surface area contributed by atoms with Gasteiger partial charge in [0.2, 0.25) is 5.91 Å². The minimum absolute atomic E-state index is 0.105. The number of amides is 1. The molecule has 0 radical (unpaired) electrons. The van der Waals surface area contributed by atoms with Crippen LogP contribution in [0.25, 0.3) is 11.3 Å². The van der Waals surface area contributed by atoms with Gasteiger partial charge in [-0.2, -0.15) is 0 Å². The highest BCUT2D eigenvalue weighted by molar-refractivity contribution is 8.23. The van der Waals surface area contributed by atoms with Crippen LogP contribution >= 0.6 is 58.5 Å². The number of thiocarbonyl (C=S) groups is 1. The summed E-state index contributed by atoms with van der Waals surface area (Å²) in [5, 5.41) is 5.99. The topological polar surface area (TPSA) is 45.2 Å².